The van der Waals surface area contributed by atoms with Crippen LogP contribution in [0.2, 0.25) is 11.9 Å². The fraction of sp³-hybridized carbons (Fsp3) is 0.182. The normalized spacial score (nSPS) is 12.9. The van der Waals surface area contributed by atoms with Gasteiger partial charge < -0.3 is 4.57 Å². The zero-order valence-electron chi connectivity index (χ0n) is 21.7. The molecule has 0 atom stereocenters. The Morgan fingerprint density at radius 2 is 1.16 bits per heavy atom. The number of hydrogen-bond acceptors (Lipinski definition) is 1. The van der Waals surface area contributed by atoms with Crippen LogP contribution in [0.25, 0.3) is 0 Å². The van der Waals surface area contributed by atoms with E-state index in [2.05, 4.69) is 144 Å². The molecule has 4 heteroatoms. The summed E-state index contributed by atoms with van der Waals surface area (Å²) in [5.41, 5.74) is 2.94. The fourth-order valence-corrected chi connectivity index (χ4v) is 9.77. The summed E-state index contributed by atoms with van der Waals surface area (Å²) < 4.78 is 2.23. The lowest BCUT2D eigenvalue weighted by Crippen LogP contribution is -2.60. The predicted octanol–water partition coefficient (Wildman–Crippen LogP) is 5.17. The number of aromatic nitrogens is 2. The number of benzene rings is 4. The number of nitrogens with zero attached hydrogens (tertiary/aromatic N) is 2. The summed E-state index contributed by atoms with van der Waals surface area (Å²) in [6.07, 6.45) is 9.68. The SMILES string of the molecule is CC[Si](Cn1ccnc1)(c1ccccc1)c1ccccc1.c1ccc(B(c2ccccc2)C2CC2)cc1. The summed E-state index contributed by atoms with van der Waals surface area (Å²) in [7, 11) is -1.80. The zero-order chi connectivity index (χ0) is 25.3. The molecule has 184 valence electrons. The smallest absolute Gasteiger partial charge is 0.212 e. The Kier molecular flexibility index (Phi) is 8.17. The Morgan fingerprint density at radius 1 is 0.703 bits per heavy atom. The minimum absolute atomic E-state index is 0.613. The number of rotatable bonds is 8. The third kappa shape index (κ3) is 6.03. The monoisotopic (exact) mass is 498 g/mol. The van der Waals surface area contributed by atoms with Gasteiger partial charge in [0.1, 0.15) is 8.07 Å². The van der Waals surface area contributed by atoms with Crippen molar-refractivity contribution in [3.63, 3.8) is 0 Å². The Hall–Kier alpha value is -3.63. The van der Waals surface area contributed by atoms with E-state index in [0.717, 1.165) is 12.0 Å². The van der Waals surface area contributed by atoms with Gasteiger partial charge in [0.05, 0.1) is 6.33 Å². The molecule has 1 aliphatic carbocycles. The van der Waals surface area contributed by atoms with Crippen LogP contribution in [0.4, 0.5) is 0 Å². The maximum atomic E-state index is 4.21. The molecule has 0 spiro atoms. The van der Waals surface area contributed by atoms with E-state index in [1.54, 1.807) is 0 Å². The van der Waals surface area contributed by atoms with Crippen molar-refractivity contribution in [3.8, 4) is 0 Å². The molecule has 1 aliphatic rings. The fourth-order valence-electron chi connectivity index (χ4n) is 5.56. The molecular weight excluding hydrogens is 463 g/mol. The average Bonchev–Trinajstić information content (AvgIpc) is 3.68. The number of hydrogen-bond donors (Lipinski definition) is 0. The second-order valence-electron chi connectivity index (χ2n) is 10.0. The molecule has 2 nitrogen and oxygen atoms in total. The second-order valence-corrected chi connectivity index (χ2v) is 14.4. The molecular formula is C33H35BN2Si. The van der Waals surface area contributed by atoms with Crippen molar-refractivity contribution in [2.24, 2.45) is 0 Å². The first-order valence-electron chi connectivity index (χ1n) is 13.5. The van der Waals surface area contributed by atoms with Crippen LogP contribution in [0.5, 0.6) is 0 Å². The van der Waals surface area contributed by atoms with E-state index < -0.39 is 8.07 Å². The van der Waals surface area contributed by atoms with E-state index in [4.69, 9.17) is 0 Å². The molecule has 0 saturated heterocycles. The lowest BCUT2D eigenvalue weighted by atomic mass is 9.37. The van der Waals surface area contributed by atoms with Crippen molar-refractivity contribution in [2.45, 2.75) is 37.8 Å². The first-order chi connectivity index (χ1) is 18.3. The van der Waals surface area contributed by atoms with Crippen LogP contribution in [-0.2, 0) is 6.17 Å². The molecule has 1 saturated carbocycles. The highest BCUT2D eigenvalue weighted by Crippen LogP contribution is 2.38. The van der Waals surface area contributed by atoms with Crippen LogP contribution in [0.3, 0.4) is 0 Å². The number of imidazole rings is 1. The van der Waals surface area contributed by atoms with Gasteiger partial charge in [-0.25, -0.2) is 4.98 Å². The predicted molar refractivity (Wildman–Crippen MR) is 162 cm³/mol. The van der Waals surface area contributed by atoms with Gasteiger partial charge in [-0.1, -0.05) is 174 Å². The molecule has 37 heavy (non-hydrogen) atoms. The first-order valence-corrected chi connectivity index (χ1v) is 15.9. The van der Waals surface area contributed by atoms with Crippen molar-refractivity contribution in [3.05, 3.63) is 140 Å². The van der Waals surface area contributed by atoms with Gasteiger partial charge >= 0.3 is 0 Å². The third-order valence-corrected chi connectivity index (χ3v) is 12.7. The Labute approximate surface area is 223 Å². The highest BCUT2D eigenvalue weighted by Gasteiger charge is 2.37. The van der Waals surface area contributed by atoms with Crippen LogP contribution in [-0.4, -0.2) is 24.3 Å². The topological polar surface area (TPSA) is 17.8 Å². The van der Waals surface area contributed by atoms with E-state index in [1.807, 2.05) is 12.5 Å². The summed E-state index contributed by atoms with van der Waals surface area (Å²) in [4.78, 5) is 4.21. The van der Waals surface area contributed by atoms with Gasteiger partial charge in [0.25, 0.3) is 0 Å². The first kappa shape index (κ1) is 25.0. The van der Waals surface area contributed by atoms with Crippen LogP contribution in [0, 0.1) is 0 Å². The van der Waals surface area contributed by atoms with Crippen LogP contribution < -0.4 is 21.3 Å². The quantitative estimate of drug-likeness (QED) is 0.270. The lowest BCUT2D eigenvalue weighted by molar-refractivity contribution is 0.852. The van der Waals surface area contributed by atoms with Crippen LogP contribution in [0.1, 0.15) is 19.8 Å². The summed E-state index contributed by atoms with van der Waals surface area (Å²) in [6.45, 7) is 2.94. The molecule has 0 aliphatic heterocycles. The highest BCUT2D eigenvalue weighted by molar-refractivity contribution is 7.01. The van der Waals surface area contributed by atoms with Crippen molar-refractivity contribution >= 4 is 36.1 Å². The van der Waals surface area contributed by atoms with E-state index in [1.165, 1.54) is 40.2 Å². The van der Waals surface area contributed by atoms with Crippen molar-refractivity contribution in [1.82, 2.24) is 9.55 Å². The summed E-state index contributed by atoms with van der Waals surface area (Å²) in [6, 6.07) is 45.0. The standard InChI is InChI=1S/C18H20N2Si.C15H15B/c1-2-21(16-20-14-13-19-15-20,17-9-5-3-6-10-17)18-11-7-4-8-12-18;1-3-7-13(8-4-1)16(15-11-12-15)14-9-5-2-6-10-14/h3-15H,2,16H2,1H3;1-10,15H,11-12H2. The average molecular weight is 499 g/mol. The molecule has 0 amide bonds. The summed E-state index contributed by atoms with van der Waals surface area (Å²) in [5.74, 6) is 0.866. The molecule has 0 bridgehead atoms. The highest BCUT2D eigenvalue weighted by atomic mass is 28.3. The maximum Gasteiger partial charge on any atom is 0.212 e. The van der Waals surface area contributed by atoms with Gasteiger partial charge in [-0.15, -0.1) is 0 Å². The maximum absolute atomic E-state index is 4.21. The molecule has 0 N–H and O–H groups in total. The minimum Gasteiger partial charge on any atom is -0.340 e. The molecule has 0 radical (unpaired) electrons. The van der Waals surface area contributed by atoms with Gasteiger partial charge in [0.2, 0.25) is 6.71 Å². The summed E-state index contributed by atoms with van der Waals surface area (Å²) in [5, 5.41) is 2.99. The van der Waals surface area contributed by atoms with E-state index in [-0.39, 0.29) is 0 Å². The molecule has 6 rings (SSSR count). The third-order valence-electron chi connectivity index (χ3n) is 7.68. The molecule has 4 aromatic carbocycles. The summed E-state index contributed by atoms with van der Waals surface area (Å²) >= 11 is 0. The van der Waals surface area contributed by atoms with Crippen molar-refractivity contribution < 1.29 is 0 Å². The van der Waals surface area contributed by atoms with E-state index >= 15 is 0 Å². The molecule has 5 aromatic rings. The molecule has 0 unspecified atom stereocenters. The largest absolute Gasteiger partial charge is 0.340 e. The molecule has 1 aromatic heterocycles. The van der Waals surface area contributed by atoms with Gasteiger partial charge in [-0.3, -0.25) is 0 Å². The molecule has 1 heterocycles. The van der Waals surface area contributed by atoms with Gasteiger partial charge in [-0.2, -0.15) is 0 Å². The van der Waals surface area contributed by atoms with Gasteiger partial charge in [0, 0.05) is 18.6 Å². The Bertz CT molecular complexity index is 1240. The Morgan fingerprint density at radius 3 is 1.54 bits per heavy atom. The van der Waals surface area contributed by atoms with Crippen LogP contribution >= 0.6 is 0 Å². The van der Waals surface area contributed by atoms with Crippen LogP contribution in [0.15, 0.2) is 140 Å². The minimum atomic E-state index is -1.80. The Balaban J connectivity index is 0.000000157. The second kappa shape index (κ2) is 12.1. The molecule has 1 fully saturated rings. The lowest BCUT2D eigenvalue weighted by Gasteiger charge is -2.32. The van der Waals surface area contributed by atoms with Gasteiger partial charge in [-0.05, 0) is 0 Å². The van der Waals surface area contributed by atoms with E-state index in [9.17, 15) is 0 Å². The van der Waals surface area contributed by atoms with Crippen molar-refractivity contribution in [1.29, 1.82) is 0 Å². The van der Waals surface area contributed by atoms with Crippen molar-refractivity contribution in [2.75, 3.05) is 0 Å². The zero-order valence-corrected chi connectivity index (χ0v) is 22.7. The van der Waals surface area contributed by atoms with Gasteiger partial charge in [0.15, 0.2) is 0 Å². The van der Waals surface area contributed by atoms with E-state index in [0.29, 0.717) is 6.71 Å².